The van der Waals surface area contributed by atoms with Gasteiger partial charge in [0.2, 0.25) is 0 Å². The Morgan fingerprint density at radius 2 is 0.739 bits per heavy atom. The van der Waals surface area contributed by atoms with Crippen molar-refractivity contribution in [3.8, 4) is 0 Å². The summed E-state index contributed by atoms with van der Waals surface area (Å²) >= 11 is 0. The molecule has 0 unspecified atom stereocenters. The van der Waals surface area contributed by atoms with Gasteiger partial charge in [-0.25, -0.2) is 0 Å². The zero-order valence-electron chi connectivity index (χ0n) is 14.4. The van der Waals surface area contributed by atoms with E-state index in [1.54, 1.807) is 0 Å². The van der Waals surface area contributed by atoms with Gasteiger partial charge in [-0.05, 0) is 13.1 Å². The molecule has 0 amide bonds. The minimum absolute atomic E-state index is 0. The molecule has 0 heterocycles. The molecule has 0 bridgehead atoms. The molecule has 0 aromatic carbocycles. The van der Waals surface area contributed by atoms with Crippen LogP contribution in [0.4, 0.5) is 0 Å². The van der Waals surface area contributed by atoms with Crippen LogP contribution in [0.5, 0.6) is 0 Å². The third kappa shape index (κ3) is 226. The van der Waals surface area contributed by atoms with Crippen LogP contribution in [0.25, 0.3) is 0 Å². The molecule has 0 fully saturated rings. The fourth-order valence-corrected chi connectivity index (χ4v) is 0.250. The zero-order valence-corrected chi connectivity index (χ0v) is 16.3. The van der Waals surface area contributed by atoms with Gasteiger partial charge >= 0.3 is 0 Å². The first-order chi connectivity index (χ1) is 10.1. The van der Waals surface area contributed by atoms with E-state index in [2.05, 4.69) is 19.2 Å². The Bertz CT molecular complexity index is 91.5. The summed E-state index contributed by atoms with van der Waals surface area (Å²) in [6.07, 6.45) is 0. The molecule has 0 aromatic rings. The van der Waals surface area contributed by atoms with E-state index >= 15 is 0 Å². The van der Waals surface area contributed by atoms with Gasteiger partial charge in [0.1, 0.15) is 0 Å². The minimum Gasteiger partial charge on any atom is -0.395 e. The maximum atomic E-state index is 7.75. The van der Waals surface area contributed by atoms with Gasteiger partial charge in [-0.2, -0.15) is 0 Å². The molecule has 13 N–H and O–H groups in total. The Kier molecular flexibility index (Phi) is 150. The summed E-state index contributed by atoms with van der Waals surface area (Å²) < 4.78 is 0. The van der Waals surface area contributed by atoms with E-state index in [1.165, 1.54) is 0 Å². The third-order valence-electron chi connectivity index (χ3n) is 1.02. The smallest absolute Gasteiger partial charge is 0.0553 e. The van der Waals surface area contributed by atoms with E-state index in [-0.39, 0.29) is 55.6 Å². The van der Waals surface area contributed by atoms with Crippen molar-refractivity contribution in [2.45, 2.75) is 13.8 Å². The summed E-state index contributed by atoms with van der Waals surface area (Å²) in [6, 6.07) is 0. The molecule has 153 valence electrons. The molecule has 0 aromatic heterocycles. The Labute approximate surface area is 157 Å². The van der Waals surface area contributed by atoms with Crippen molar-refractivity contribution in [3.05, 3.63) is 0 Å². The van der Waals surface area contributed by atoms with E-state index in [0.717, 1.165) is 13.1 Å². The molecule has 0 rings (SSSR count). The summed E-state index contributed by atoms with van der Waals surface area (Å²) in [5, 5.41) is 34.1. The van der Waals surface area contributed by atoms with E-state index in [4.69, 9.17) is 43.4 Å². The SMILES string of the molecule is CCNCC.Cl.NCCO.NCCO.NCCO.NCCO.[Co]. The number of aliphatic hydroxyl groups is 4. The van der Waals surface area contributed by atoms with Gasteiger partial charge in [-0.3, -0.25) is 0 Å². The zero-order chi connectivity index (χ0) is 17.8. The molecule has 9 nitrogen and oxygen atoms in total. The van der Waals surface area contributed by atoms with E-state index in [1.807, 2.05) is 0 Å². The number of aliphatic hydroxyl groups excluding tert-OH is 4. The van der Waals surface area contributed by atoms with Crippen LogP contribution in [0.1, 0.15) is 13.8 Å². The molecule has 0 aliphatic heterocycles. The molecule has 0 saturated carbocycles. The van der Waals surface area contributed by atoms with Crippen LogP contribution in [-0.2, 0) is 16.8 Å². The van der Waals surface area contributed by atoms with Crippen molar-refractivity contribution in [1.82, 2.24) is 5.32 Å². The van der Waals surface area contributed by atoms with Crippen molar-refractivity contribution >= 4 is 12.4 Å². The average molecular weight is 413 g/mol. The largest absolute Gasteiger partial charge is 0.395 e. The molecule has 11 heteroatoms. The van der Waals surface area contributed by atoms with Gasteiger partial charge in [-0.1, -0.05) is 13.8 Å². The average Bonchev–Trinajstić information content (AvgIpc) is 2.56. The monoisotopic (exact) mass is 412 g/mol. The van der Waals surface area contributed by atoms with Crippen LogP contribution in [0.15, 0.2) is 0 Å². The topological polar surface area (TPSA) is 197 Å². The number of nitrogens with two attached hydrogens (primary N) is 4. The number of halogens is 1. The molecular formula is C12H40ClCoN5O4. The molecule has 0 saturated heterocycles. The van der Waals surface area contributed by atoms with Crippen LogP contribution in [-0.4, -0.2) is 86.1 Å². The van der Waals surface area contributed by atoms with Crippen LogP contribution in [0.2, 0.25) is 0 Å². The predicted octanol–water partition coefficient (Wildman–Crippen LogP) is -3.22. The summed E-state index contributed by atoms with van der Waals surface area (Å²) in [4.78, 5) is 0. The van der Waals surface area contributed by atoms with Crippen LogP contribution < -0.4 is 28.3 Å². The minimum atomic E-state index is 0. The number of nitrogens with one attached hydrogen (secondary N) is 1. The fourth-order valence-electron chi connectivity index (χ4n) is 0.250. The quantitative estimate of drug-likeness (QED) is 0.215. The van der Waals surface area contributed by atoms with E-state index < -0.39 is 0 Å². The van der Waals surface area contributed by atoms with Crippen molar-refractivity contribution in [2.75, 3.05) is 65.7 Å². The molecule has 1 radical (unpaired) electrons. The number of hydrogen-bond acceptors (Lipinski definition) is 9. The van der Waals surface area contributed by atoms with Gasteiger partial charge in [-0.15, -0.1) is 12.4 Å². The summed E-state index contributed by atoms with van der Waals surface area (Å²) in [5.41, 5.74) is 19.1. The molecule has 0 spiro atoms. The Morgan fingerprint density at radius 3 is 0.739 bits per heavy atom. The van der Waals surface area contributed by atoms with Gasteiger partial charge < -0.3 is 48.7 Å². The second-order valence-corrected chi connectivity index (χ2v) is 3.01. The Hall–Kier alpha value is 0.436. The predicted molar refractivity (Wildman–Crippen MR) is 96.0 cm³/mol. The summed E-state index contributed by atoms with van der Waals surface area (Å²) in [6.45, 7) is 8.28. The van der Waals surface area contributed by atoms with E-state index in [0.29, 0.717) is 26.2 Å². The first kappa shape index (κ1) is 43.7. The van der Waals surface area contributed by atoms with Crippen molar-refractivity contribution in [3.63, 3.8) is 0 Å². The standard InChI is InChI=1S/C4H11N.4C2H7NO.ClH.Co/c1-3-5-4-2;4*3-1-2-4;;/h5H,3-4H2,1-2H3;4*4H,1-3H2;1H;. The molecule has 0 atom stereocenters. The van der Waals surface area contributed by atoms with Gasteiger partial charge in [0.25, 0.3) is 0 Å². The second kappa shape index (κ2) is 78.8. The van der Waals surface area contributed by atoms with Crippen molar-refractivity contribution < 1.29 is 37.2 Å². The second-order valence-electron chi connectivity index (χ2n) is 3.01. The maximum absolute atomic E-state index is 7.75. The van der Waals surface area contributed by atoms with Crippen molar-refractivity contribution in [1.29, 1.82) is 0 Å². The third-order valence-corrected chi connectivity index (χ3v) is 1.02. The first-order valence-electron chi connectivity index (χ1n) is 7.02. The van der Waals surface area contributed by atoms with Crippen LogP contribution in [0.3, 0.4) is 0 Å². The van der Waals surface area contributed by atoms with Crippen LogP contribution in [0, 0.1) is 0 Å². The molecule has 0 aliphatic rings. The molecule has 23 heavy (non-hydrogen) atoms. The van der Waals surface area contributed by atoms with Crippen LogP contribution >= 0.6 is 12.4 Å². The van der Waals surface area contributed by atoms with E-state index in [9.17, 15) is 0 Å². The van der Waals surface area contributed by atoms with Gasteiger partial charge in [0.05, 0.1) is 26.4 Å². The fraction of sp³-hybridized carbons (Fsp3) is 1.00. The number of hydrogen-bond donors (Lipinski definition) is 9. The van der Waals surface area contributed by atoms with Gasteiger partial charge in [0.15, 0.2) is 0 Å². The number of rotatable bonds is 6. The normalized spacial score (nSPS) is 7.04. The molecule has 0 aliphatic carbocycles. The Morgan fingerprint density at radius 1 is 0.609 bits per heavy atom. The Balaban J connectivity index is -0.0000000273. The van der Waals surface area contributed by atoms with Gasteiger partial charge in [0, 0.05) is 43.0 Å². The summed E-state index contributed by atoms with van der Waals surface area (Å²) in [7, 11) is 0. The maximum Gasteiger partial charge on any atom is 0.0553 e. The summed E-state index contributed by atoms with van der Waals surface area (Å²) in [5.74, 6) is 0. The first-order valence-corrected chi connectivity index (χ1v) is 7.02. The molecular weight excluding hydrogens is 373 g/mol. The van der Waals surface area contributed by atoms with Crippen molar-refractivity contribution in [2.24, 2.45) is 22.9 Å².